The maximum atomic E-state index is 13.5. The average Bonchev–Trinajstić information content (AvgIpc) is 3.30. The molecular formula is C24H20ClNO7. The Morgan fingerprint density at radius 2 is 1.97 bits per heavy atom. The van der Waals surface area contributed by atoms with E-state index in [0.29, 0.717) is 21.6 Å². The number of hydrogen-bond donors (Lipinski definition) is 1. The van der Waals surface area contributed by atoms with Crippen LogP contribution in [0, 0.1) is 0 Å². The summed E-state index contributed by atoms with van der Waals surface area (Å²) >= 11 is 6.02. The van der Waals surface area contributed by atoms with Gasteiger partial charge in [-0.2, -0.15) is 0 Å². The molecule has 0 aliphatic carbocycles. The van der Waals surface area contributed by atoms with E-state index >= 15 is 0 Å². The number of aliphatic hydroxyl groups is 1. The van der Waals surface area contributed by atoms with E-state index in [2.05, 4.69) is 0 Å². The number of amides is 1. The van der Waals surface area contributed by atoms with Crippen molar-refractivity contribution < 1.29 is 33.4 Å². The zero-order valence-electron chi connectivity index (χ0n) is 17.8. The van der Waals surface area contributed by atoms with Gasteiger partial charge in [-0.25, -0.2) is 0 Å². The fraction of sp³-hybridized carbons (Fsp3) is 0.208. The quantitative estimate of drug-likeness (QED) is 0.313. The van der Waals surface area contributed by atoms with E-state index < -0.39 is 29.5 Å². The Hall–Kier alpha value is -3.62. The summed E-state index contributed by atoms with van der Waals surface area (Å²) in [6.45, 7) is 1.57. The van der Waals surface area contributed by atoms with Crippen molar-refractivity contribution in [2.75, 3.05) is 20.3 Å². The minimum Gasteiger partial charge on any atom is -0.503 e. The van der Waals surface area contributed by atoms with Gasteiger partial charge in [-0.15, -0.1) is 0 Å². The second kappa shape index (κ2) is 9.09. The van der Waals surface area contributed by atoms with Crippen molar-refractivity contribution in [1.82, 2.24) is 4.90 Å². The third kappa shape index (κ3) is 4.35. The Morgan fingerprint density at radius 1 is 1.18 bits per heavy atom. The first-order valence-corrected chi connectivity index (χ1v) is 10.4. The van der Waals surface area contributed by atoms with Gasteiger partial charge in [0.25, 0.3) is 5.91 Å². The zero-order chi connectivity index (χ0) is 23.7. The number of carbonyl (C=O) groups is 3. The first-order valence-electron chi connectivity index (χ1n) is 10.1. The molecule has 8 nitrogen and oxygen atoms in total. The largest absolute Gasteiger partial charge is 0.503 e. The molecule has 1 atom stereocenters. The van der Waals surface area contributed by atoms with E-state index in [-0.39, 0.29) is 30.2 Å². The maximum Gasteiger partial charge on any atom is 0.308 e. The van der Waals surface area contributed by atoms with Crippen LogP contribution in [0.1, 0.15) is 29.1 Å². The lowest BCUT2D eigenvalue weighted by Gasteiger charge is -2.26. The zero-order valence-corrected chi connectivity index (χ0v) is 18.6. The molecule has 1 aromatic heterocycles. The second-order valence-electron chi connectivity index (χ2n) is 7.44. The number of ether oxygens (including phenoxy) is 2. The molecule has 1 aliphatic heterocycles. The van der Waals surface area contributed by atoms with E-state index in [4.69, 9.17) is 25.5 Å². The van der Waals surface area contributed by atoms with Gasteiger partial charge >= 0.3 is 5.97 Å². The molecule has 2 aromatic carbocycles. The SMILES string of the molecule is COCCN1C(=O)C(O)=C(C(=O)c2cc3cc(Cl)ccc3o2)C1c1cccc(OC(C)=O)c1. The predicted octanol–water partition coefficient (Wildman–Crippen LogP) is 4.24. The normalized spacial score (nSPS) is 16.0. The van der Waals surface area contributed by atoms with E-state index in [1.165, 1.54) is 25.0 Å². The molecule has 1 aliphatic rings. The first kappa shape index (κ1) is 22.6. The van der Waals surface area contributed by atoms with Gasteiger partial charge in [0, 0.05) is 31.0 Å². The second-order valence-corrected chi connectivity index (χ2v) is 7.88. The molecule has 170 valence electrons. The van der Waals surface area contributed by atoms with Crippen molar-refractivity contribution in [3.8, 4) is 5.75 Å². The van der Waals surface area contributed by atoms with Crippen LogP contribution in [0.15, 0.2) is 64.3 Å². The lowest BCUT2D eigenvalue weighted by molar-refractivity contribution is -0.132. The number of methoxy groups -OCH3 is 1. The smallest absolute Gasteiger partial charge is 0.308 e. The molecule has 4 rings (SSSR count). The summed E-state index contributed by atoms with van der Waals surface area (Å²) < 4.78 is 15.9. The molecule has 1 amide bonds. The summed E-state index contributed by atoms with van der Waals surface area (Å²) in [5.74, 6) is -2.33. The molecule has 0 radical (unpaired) electrons. The van der Waals surface area contributed by atoms with Crippen molar-refractivity contribution in [2.45, 2.75) is 13.0 Å². The summed E-state index contributed by atoms with van der Waals surface area (Å²) in [5.41, 5.74) is 0.780. The van der Waals surface area contributed by atoms with Gasteiger partial charge in [0.05, 0.1) is 18.2 Å². The Morgan fingerprint density at radius 3 is 2.70 bits per heavy atom. The molecule has 0 bridgehead atoms. The van der Waals surface area contributed by atoms with Crippen LogP contribution >= 0.6 is 11.6 Å². The third-order valence-corrected chi connectivity index (χ3v) is 5.46. The topological polar surface area (TPSA) is 106 Å². The fourth-order valence-electron chi connectivity index (χ4n) is 3.83. The molecule has 2 heterocycles. The van der Waals surface area contributed by atoms with Crippen LogP contribution in [-0.4, -0.2) is 47.9 Å². The summed E-state index contributed by atoms with van der Waals surface area (Å²) in [5, 5.41) is 11.8. The number of hydrogen-bond acceptors (Lipinski definition) is 7. The van der Waals surface area contributed by atoms with Gasteiger partial charge in [0.15, 0.2) is 11.5 Å². The number of rotatable bonds is 7. The van der Waals surface area contributed by atoms with Crippen molar-refractivity contribution >= 4 is 40.2 Å². The van der Waals surface area contributed by atoms with Gasteiger partial charge in [0.1, 0.15) is 11.3 Å². The van der Waals surface area contributed by atoms with Gasteiger partial charge < -0.3 is 23.9 Å². The van der Waals surface area contributed by atoms with Crippen LogP contribution in [0.25, 0.3) is 11.0 Å². The van der Waals surface area contributed by atoms with Crippen LogP contribution in [0.2, 0.25) is 5.02 Å². The molecule has 1 unspecified atom stereocenters. The number of esters is 1. The number of ketones is 1. The van der Waals surface area contributed by atoms with Gasteiger partial charge in [-0.05, 0) is 42.0 Å². The monoisotopic (exact) mass is 469 g/mol. The van der Waals surface area contributed by atoms with Crippen molar-refractivity contribution in [1.29, 1.82) is 0 Å². The maximum absolute atomic E-state index is 13.5. The van der Waals surface area contributed by atoms with Crippen molar-refractivity contribution in [3.63, 3.8) is 0 Å². The highest BCUT2D eigenvalue weighted by molar-refractivity contribution is 6.31. The van der Waals surface area contributed by atoms with Gasteiger partial charge in [0.2, 0.25) is 5.78 Å². The summed E-state index contributed by atoms with van der Waals surface area (Å²) in [7, 11) is 1.48. The fourth-order valence-corrected chi connectivity index (χ4v) is 4.01. The lowest BCUT2D eigenvalue weighted by Crippen LogP contribution is -2.34. The molecule has 1 N–H and O–H groups in total. The van der Waals surface area contributed by atoms with Crippen LogP contribution in [0.3, 0.4) is 0 Å². The van der Waals surface area contributed by atoms with Crippen molar-refractivity contribution in [3.05, 3.63) is 76.2 Å². The van der Waals surface area contributed by atoms with E-state index in [0.717, 1.165) is 0 Å². The number of aliphatic hydroxyl groups excluding tert-OH is 1. The van der Waals surface area contributed by atoms with Crippen LogP contribution in [0.5, 0.6) is 5.75 Å². The molecule has 33 heavy (non-hydrogen) atoms. The highest BCUT2D eigenvalue weighted by Crippen LogP contribution is 2.40. The molecule has 3 aromatic rings. The number of fused-ring (bicyclic) bond motifs is 1. The highest BCUT2D eigenvalue weighted by atomic mass is 35.5. The van der Waals surface area contributed by atoms with Crippen LogP contribution in [-0.2, 0) is 14.3 Å². The number of halogens is 1. The Labute approximate surface area is 193 Å². The number of nitrogens with zero attached hydrogens (tertiary/aromatic N) is 1. The Kier molecular flexibility index (Phi) is 6.22. The minimum absolute atomic E-state index is 0.0450. The third-order valence-electron chi connectivity index (χ3n) is 5.22. The van der Waals surface area contributed by atoms with Crippen LogP contribution < -0.4 is 4.74 Å². The number of carbonyl (C=O) groups excluding carboxylic acids is 3. The predicted molar refractivity (Wildman–Crippen MR) is 119 cm³/mol. The van der Waals surface area contributed by atoms with E-state index in [1.807, 2.05) is 0 Å². The van der Waals surface area contributed by atoms with E-state index in [9.17, 15) is 19.5 Å². The first-order chi connectivity index (χ1) is 15.8. The lowest BCUT2D eigenvalue weighted by atomic mass is 9.95. The Bertz CT molecular complexity index is 1290. The van der Waals surface area contributed by atoms with Gasteiger partial charge in [-0.1, -0.05) is 23.7 Å². The number of Topliss-reactive ketones (excluding diaryl/α,β-unsaturated/α-hetero) is 1. The highest BCUT2D eigenvalue weighted by Gasteiger charge is 2.44. The molecule has 9 heteroatoms. The number of furan rings is 1. The minimum atomic E-state index is -0.938. The van der Waals surface area contributed by atoms with Crippen molar-refractivity contribution in [2.24, 2.45) is 0 Å². The molecule has 0 saturated heterocycles. The molecule has 0 fully saturated rings. The summed E-state index contributed by atoms with van der Waals surface area (Å²) in [4.78, 5) is 39.1. The summed E-state index contributed by atoms with van der Waals surface area (Å²) in [6.07, 6.45) is 0. The van der Waals surface area contributed by atoms with Gasteiger partial charge in [-0.3, -0.25) is 14.4 Å². The Balaban J connectivity index is 1.80. The summed E-state index contributed by atoms with van der Waals surface area (Å²) in [6, 6.07) is 11.9. The number of benzene rings is 2. The molecule has 0 spiro atoms. The van der Waals surface area contributed by atoms with E-state index in [1.54, 1.807) is 42.5 Å². The average molecular weight is 470 g/mol. The standard InChI is InChI=1S/C24H20ClNO7/c1-13(27)32-17-5-3-4-14(11-17)21-20(23(29)24(30)26(21)8-9-31-2)22(28)19-12-15-10-16(25)6-7-18(15)33-19/h3-7,10-12,21,29H,8-9H2,1-2H3. The molecular weight excluding hydrogens is 450 g/mol. The molecule has 0 saturated carbocycles. The van der Waals surface area contributed by atoms with Crippen LogP contribution in [0.4, 0.5) is 0 Å².